The highest BCUT2D eigenvalue weighted by Gasteiger charge is 2.17. The quantitative estimate of drug-likeness (QED) is 0.880. The van der Waals surface area contributed by atoms with E-state index < -0.39 is 0 Å². The van der Waals surface area contributed by atoms with Gasteiger partial charge in [-0.25, -0.2) is 0 Å². The van der Waals surface area contributed by atoms with Crippen LogP contribution >= 0.6 is 11.6 Å². The molecule has 2 aromatic rings. The number of benzene rings is 1. The molecule has 1 aromatic carbocycles. The van der Waals surface area contributed by atoms with E-state index >= 15 is 0 Å². The van der Waals surface area contributed by atoms with Crippen molar-refractivity contribution in [3.63, 3.8) is 0 Å². The van der Waals surface area contributed by atoms with Gasteiger partial charge in [-0.05, 0) is 30.5 Å². The third-order valence-electron chi connectivity index (χ3n) is 3.72. The van der Waals surface area contributed by atoms with Crippen LogP contribution in [0.5, 0.6) is 0 Å². The molecule has 0 spiro atoms. The second kappa shape index (κ2) is 4.35. The Balaban J connectivity index is 1.88. The molecule has 0 radical (unpaired) electrons. The van der Waals surface area contributed by atoms with E-state index in [2.05, 4.69) is 29.2 Å². The highest BCUT2D eigenvalue weighted by molar-refractivity contribution is 6.31. The molecule has 90 valence electrons. The van der Waals surface area contributed by atoms with Crippen molar-refractivity contribution in [2.75, 3.05) is 0 Å². The van der Waals surface area contributed by atoms with Crippen LogP contribution in [0.3, 0.4) is 0 Å². The first kappa shape index (κ1) is 11.1. The zero-order chi connectivity index (χ0) is 11.8. The van der Waals surface area contributed by atoms with Gasteiger partial charge in [0.1, 0.15) is 0 Å². The van der Waals surface area contributed by atoms with Crippen molar-refractivity contribution in [1.29, 1.82) is 0 Å². The summed E-state index contributed by atoms with van der Waals surface area (Å²) in [5, 5.41) is 5.72. The van der Waals surface area contributed by atoms with E-state index in [4.69, 9.17) is 11.6 Å². The van der Waals surface area contributed by atoms with Crippen LogP contribution in [-0.2, 0) is 13.6 Å². The number of fused-ring (bicyclic) bond motifs is 1. The Labute approximate surface area is 107 Å². The lowest BCUT2D eigenvalue weighted by Gasteiger charge is -2.26. The van der Waals surface area contributed by atoms with Crippen LogP contribution in [0, 0.1) is 0 Å². The Bertz CT molecular complexity index is 540. The van der Waals surface area contributed by atoms with Gasteiger partial charge < -0.3 is 9.88 Å². The molecule has 1 aromatic heterocycles. The van der Waals surface area contributed by atoms with Gasteiger partial charge in [0.2, 0.25) is 0 Å². The van der Waals surface area contributed by atoms with Crippen LogP contribution in [-0.4, -0.2) is 10.6 Å². The van der Waals surface area contributed by atoms with E-state index in [1.54, 1.807) is 0 Å². The van der Waals surface area contributed by atoms with Gasteiger partial charge in [-0.3, -0.25) is 0 Å². The van der Waals surface area contributed by atoms with E-state index in [0.717, 1.165) is 17.6 Å². The maximum Gasteiger partial charge on any atom is 0.0495 e. The van der Waals surface area contributed by atoms with Crippen molar-refractivity contribution in [1.82, 2.24) is 9.88 Å². The molecule has 0 amide bonds. The van der Waals surface area contributed by atoms with Crippen molar-refractivity contribution >= 4 is 22.5 Å². The number of nitrogens with zero attached hydrogens (tertiary/aromatic N) is 1. The van der Waals surface area contributed by atoms with Crippen LogP contribution in [0.1, 0.15) is 24.8 Å². The normalized spacial score (nSPS) is 16.4. The van der Waals surface area contributed by atoms with Crippen molar-refractivity contribution in [2.45, 2.75) is 31.8 Å². The molecular weight excluding hydrogens is 232 g/mol. The lowest BCUT2D eigenvalue weighted by Crippen LogP contribution is -2.34. The summed E-state index contributed by atoms with van der Waals surface area (Å²) in [6, 6.07) is 6.85. The molecule has 3 rings (SSSR count). The van der Waals surface area contributed by atoms with Crippen molar-refractivity contribution in [2.24, 2.45) is 7.05 Å². The fourth-order valence-corrected chi connectivity index (χ4v) is 2.61. The largest absolute Gasteiger partial charge is 0.350 e. The zero-order valence-corrected chi connectivity index (χ0v) is 10.8. The van der Waals surface area contributed by atoms with Gasteiger partial charge in [-0.15, -0.1) is 0 Å². The maximum atomic E-state index is 6.03. The van der Waals surface area contributed by atoms with Crippen molar-refractivity contribution in [3.05, 3.63) is 35.0 Å². The second-order valence-electron chi connectivity index (χ2n) is 4.94. The Hall–Kier alpha value is -0.990. The molecule has 0 aliphatic heterocycles. The molecule has 1 fully saturated rings. The topological polar surface area (TPSA) is 17.0 Å². The van der Waals surface area contributed by atoms with Crippen molar-refractivity contribution in [3.8, 4) is 0 Å². The summed E-state index contributed by atoms with van der Waals surface area (Å²) < 4.78 is 2.15. The average molecular weight is 249 g/mol. The number of rotatable bonds is 3. The number of nitrogens with one attached hydrogen (secondary N) is 1. The molecule has 0 bridgehead atoms. The molecule has 3 heteroatoms. The number of aromatic nitrogens is 1. The van der Waals surface area contributed by atoms with Crippen LogP contribution in [0.2, 0.25) is 5.02 Å². The van der Waals surface area contributed by atoms with Crippen LogP contribution in [0.4, 0.5) is 0 Å². The van der Waals surface area contributed by atoms with Gasteiger partial charge >= 0.3 is 0 Å². The summed E-state index contributed by atoms with van der Waals surface area (Å²) >= 11 is 6.03. The van der Waals surface area contributed by atoms with Crippen LogP contribution in [0.15, 0.2) is 24.4 Å². The Morgan fingerprint density at radius 1 is 1.41 bits per heavy atom. The number of halogens is 1. The van der Waals surface area contributed by atoms with Gasteiger partial charge in [-0.1, -0.05) is 24.1 Å². The van der Waals surface area contributed by atoms with E-state index in [1.165, 1.54) is 35.7 Å². The molecular formula is C14H17ClN2. The smallest absolute Gasteiger partial charge is 0.0495 e. The fourth-order valence-electron chi connectivity index (χ4n) is 2.45. The van der Waals surface area contributed by atoms with E-state index in [0.29, 0.717) is 0 Å². The molecule has 1 N–H and O–H groups in total. The first-order valence-electron chi connectivity index (χ1n) is 6.21. The van der Waals surface area contributed by atoms with Gasteiger partial charge in [-0.2, -0.15) is 0 Å². The van der Waals surface area contributed by atoms with Crippen LogP contribution < -0.4 is 5.32 Å². The monoisotopic (exact) mass is 248 g/mol. The molecule has 17 heavy (non-hydrogen) atoms. The van der Waals surface area contributed by atoms with E-state index in [-0.39, 0.29) is 0 Å². The summed E-state index contributed by atoms with van der Waals surface area (Å²) in [6.07, 6.45) is 6.24. The molecule has 2 nitrogen and oxygen atoms in total. The summed E-state index contributed by atoms with van der Waals surface area (Å²) in [4.78, 5) is 0. The number of aryl methyl sites for hydroxylation is 1. The summed E-state index contributed by atoms with van der Waals surface area (Å²) in [5.41, 5.74) is 2.58. The zero-order valence-electron chi connectivity index (χ0n) is 10.0. The predicted molar refractivity (Wildman–Crippen MR) is 72.4 cm³/mol. The molecule has 1 aliphatic rings. The van der Waals surface area contributed by atoms with E-state index in [1.807, 2.05) is 12.1 Å². The fraction of sp³-hybridized carbons (Fsp3) is 0.429. The molecule has 1 heterocycles. The number of hydrogen-bond acceptors (Lipinski definition) is 1. The third-order valence-corrected chi connectivity index (χ3v) is 3.96. The Morgan fingerprint density at radius 3 is 2.94 bits per heavy atom. The molecule has 1 aliphatic carbocycles. The minimum absolute atomic E-state index is 0.734. The van der Waals surface area contributed by atoms with Gasteiger partial charge in [0.25, 0.3) is 0 Å². The minimum atomic E-state index is 0.734. The Kier molecular flexibility index (Phi) is 2.85. The maximum absolute atomic E-state index is 6.03. The SMILES string of the molecule is Cn1cc(CNC2CCC2)c2ccc(Cl)cc21. The lowest BCUT2D eigenvalue weighted by atomic mass is 9.93. The van der Waals surface area contributed by atoms with Crippen LogP contribution in [0.25, 0.3) is 10.9 Å². The second-order valence-corrected chi connectivity index (χ2v) is 5.37. The van der Waals surface area contributed by atoms with Gasteiger partial charge in [0, 0.05) is 41.8 Å². The predicted octanol–water partition coefficient (Wildman–Crippen LogP) is 3.47. The number of hydrogen-bond donors (Lipinski definition) is 1. The highest BCUT2D eigenvalue weighted by Crippen LogP contribution is 2.25. The molecule has 1 saturated carbocycles. The van der Waals surface area contributed by atoms with Gasteiger partial charge in [0.05, 0.1) is 0 Å². The third kappa shape index (κ3) is 2.07. The highest BCUT2D eigenvalue weighted by atomic mass is 35.5. The summed E-state index contributed by atoms with van der Waals surface area (Å²) in [6.45, 7) is 0.962. The molecule has 0 unspecified atom stereocenters. The van der Waals surface area contributed by atoms with Crippen molar-refractivity contribution < 1.29 is 0 Å². The van der Waals surface area contributed by atoms with Gasteiger partial charge in [0.15, 0.2) is 0 Å². The first-order chi connectivity index (χ1) is 8.24. The average Bonchev–Trinajstić information content (AvgIpc) is 2.54. The van der Waals surface area contributed by atoms with E-state index in [9.17, 15) is 0 Å². The molecule has 0 atom stereocenters. The first-order valence-corrected chi connectivity index (χ1v) is 6.58. The minimum Gasteiger partial charge on any atom is -0.350 e. The summed E-state index contributed by atoms with van der Waals surface area (Å²) in [5.74, 6) is 0. The standard InChI is InChI=1S/C14H17ClN2/c1-17-9-10(8-16-12-3-2-4-12)13-6-5-11(15)7-14(13)17/h5-7,9,12,16H,2-4,8H2,1H3. The molecule has 0 saturated heterocycles. The summed E-state index contributed by atoms with van der Waals surface area (Å²) in [7, 11) is 2.07. The Morgan fingerprint density at radius 2 is 2.24 bits per heavy atom. The lowest BCUT2D eigenvalue weighted by molar-refractivity contribution is 0.338.